The zero-order valence-corrected chi connectivity index (χ0v) is 15.3. The predicted octanol–water partition coefficient (Wildman–Crippen LogP) is 4.29. The number of nitrogens with one attached hydrogen (secondary N) is 1. The molecule has 0 radical (unpaired) electrons. The standard InChI is InChI=1S/C18H14ClN3O3S/c1-2-25-17(24)14-13(11-7-4-3-5-8-11)21-18(26-14)22-16(23)12-9-6-10-20-15(12)19/h3-10H,2H2,1H3,(H,21,22,23). The highest BCUT2D eigenvalue weighted by Gasteiger charge is 2.22. The zero-order valence-electron chi connectivity index (χ0n) is 13.7. The number of carbonyl (C=O) groups excluding carboxylic acids is 2. The highest BCUT2D eigenvalue weighted by molar-refractivity contribution is 7.18. The van der Waals surface area contributed by atoms with Crippen molar-refractivity contribution < 1.29 is 14.3 Å². The second-order valence-electron chi connectivity index (χ2n) is 5.08. The van der Waals surface area contributed by atoms with E-state index in [1.165, 1.54) is 6.20 Å². The van der Waals surface area contributed by atoms with Crippen molar-refractivity contribution in [3.63, 3.8) is 0 Å². The minimum absolute atomic E-state index is 0.0930. The maximum absolute atomic E-state index is 12.4. The molecule has 0 aliphatic carbocycles. The molecule has 0 saturated carbocycles. The van der Waals surface area contributed by atoms with Crippen LogP contribution in [-0.4, -0.2) is 28.5 Å². The van der Waals surface area contributed by atoms with Gasteiger partial charge in [-0.25, -0.2) is 14.8 Å². The van der Waals surface area contributed by atoms with Gasteiger partial charge in [0, 0.05) is 11.8 Å². The average molecular weight is 388 g/mol. The number of carbonyl (C=O) groups is 2. The Morgan fingerprint density at radius 3 is 2.65 bits per heavy atom. The quantitative estimate of drug-likeness (QED) is 0.521. The number of ether oxygens (including phenoxy) is 1. The van der Waals surface area contributed by atoms with E-state index < -0.39 is 11.9 Å². The SMILES string of the molecule is CCOC(=O)c1sc(NC(=O)c2cccnc2Cl)nc1-c1ccccc1. The lowest BCUT2D eigenvalue weighted by Crippen LogP contribution is -2.12. The molecule has 3 aromatic rings. The third-order valence-electron chi connectivity index (χ3n) is 3.36. The van der Waals surface area contributed by atoms with Crippen molar-refractivity contribution in [1.29, 1.82) is 0 Å². The second kappa shape index (κ2) is 8.07. The topological polar surface area (TPSA) is 81.2 Å². The Morgan fingerprint density at radius 1 is 1.19 bits per heavy atom. The molecule has 0 saturated heterocycles. The normalized spacial score (nSPS) is 10.4. The van der Waals surface area contributed by atoms with E-state index in [1.807, 2.05) is 30.3 Å². The van der Waals surface area contributed by atoms with Crippen molar-refractivity contribution in [3.8, 4) is 11.3 Å². The summed E-state index contributed by atoms with van der Waals surface area (Å²) >= 11 is 7.00. The number of benzene rings is 1. The van der Waals surface area contributed by atoms with Crippen LogP contribution in [0.2, 0.25) is 5.15 Å². The summed E-state index contributed by atoms with van der Waals surface area (Å²) in [7, 11) is 0. The molecule has 1 amide bonds. The minimum atomic E-state index is -0.483. The first-order valence-corrected chi connectivity index (χ1v) is 8.94. The van der Waals surface area contributed by atoms with E-state index in [0.29, 0.717) is 10.6 Å². The van der Waals surface area contributed by atoms with Crippen LogP contribution in [0, 0.1) is 0 Å². The molecule has 0 aliphatic heterocycles. The monoisotopic (exact) mass is 387 g/mol. The first-order valence-electron chi connectivity index (χ1n) is 7.75. The van der Waals surface area contributed by atoms with E-state index in [2.05, 4.69) is 15.3 Å². The number of anilines is 1. The van der Waals surface area contributed by atoms with Crippen molar-refractivity contribution >= 4 is 39.9 Å². The summed E-state index contributed by atoms with van der Waals surface area (Å²) in [4.78, 5) is 33.3. The molecule has 2 heterocycles. The van der Waals surface area contributed by atoms with Gasteiger partial charge < -0.3 is 4.74 Å². The lowest BCUT2D eigenvalue weighted by Gasteiger charge is -2.02. The molecule has 1 N–H and O–H groups in total. The summed E-state index contributed by atoms with van der Waals surface area (Å²) < 4.78 is 5.10. The molecule has 0 unspecified atom stereocenters. The van der Waals surface area contributed by atoms with Crippen molar-refractivity contribution in [2.24, 2.45) is 0 Å². The summed E-state index contributed by atoms with van der Waals surface area (Å²) in [5.74, 6) is -0.935. The lowest BCUT2D eigenvalue weighted by atomic mass is 10.1. The molecule has 3 rings (SSSR count). The molecule has 0 aliphatic rings. The predicted molar refractivity (Wildman–Crippen MR) is 101 cm³/mol. The van der Waals surface area contributed by atoms with Crippen LogP contribution < -0.4 is 5.32 Å². The number of amides is 1. The number of halogens is 1. The van der Waals surface area contributed by atoms with Gasteiger partial charge in [-0.2, -0.15) is 0 Å². The van der Waals surface area contributed by atoms with Gasteiger partial charge in [-0.1, -0.05) is 53.3 Å². The number of hydrogen-bond donors (Lipinski definition) is 1. The van der Waals surface area contributed by atoms with Crippen molar-refractivity contribution in [3.05, 3.63) is 64.3 Å². The van der Waals surface area contributed by atoms with Gasteiger partial charge in [0.1, 0.15) is 10.0 Å². The molecular formula is C18H14ClN3O3S. The molecule has 26 heavy (non-hydrogen) atoms. The summed E-state index contributed by atoms with van der Waals surface area (Å²) in [5.41, 5.74) is 1.44. The van der Waals surface area contributed by atoms with Crippen molar-refractivity contribution in [2.75, 3.05) is 11.9 Å². The lowest BCUT2D eigenvalue weighted by molar-refractivity contribution is 0.0532. The van der Waals surface area contributed by atoms with Crippen LogP contribution in [0.4, 0.5) is 5.13 Å². The Hall–Kier alpha value is -2.77. The van der Waals surface area contributed by atoms with Crippen LogP contribution in [0.5, 0.6) is 0 Å². The molecule has 6 nitrogen and oxygen atoms in total. The number of hydrogen-bond acceptors (Lipinski definition) is 6. The smallest absolute Gasteiger partial charge is 0.350 e. The molecule has 1 aromatic carbocycles. The number of esters is 1. The fraction of sp³-hybridized carbons (Fsp3) is 0.111. The van der Waals surface area contributed by atoms with Crippen molar-refractivity contribution in [2.45, 2.75) is 6.92 Å². The van der Waals surface area contributed by atoms with Gasteiger partial charge in [0.25, 0.3) is 5.91 Å². The van der Waals surface area contributed by atoms with E-state index in [4.69, 9.17) is 16.3 Å². The van der Waals surface area contributed by atoms with Crippen LogP contribution in [0.1, 0.15) is 27.0 Å². The van der Waals surface area contributed by atoms with Crippen LogP contribution >= 0.6 is 22.9 Å². The van der Waals surface area contributed by atoms with Gasteiger partial charge in [-0.05, 0) is 19.1 Å². The average Bonchev–Trinajstić information content (AvgIpc) is 3.07. The maximum Gasteiger partial charge on any atom is 0.350 e. The molecule has 0 atom stereocenters. The van der Waals surface area contributed by atoms with E-state index in [-0.39, 0.29) is 22.5 Å². The number of aromatic nitrogens is 2. The Kier molecular flexibility index (Phi) is 5.60. The fourth-order valence-corrected chi connectivity index (χ4v) is 3.30. The summed E-state index contributed by atoms with van der Waals surface area (Å²) in [5, 5.41) is 3.03. The van der Waals surface area contributed by atoms with E-state index >= 15 is 0 Å². The maximum atomic E-state index is 12.4. The Labute approximate surface area is 158 Å². The molecule has 0 spiro atoms. The van der Waals surface area contributed by atoms with Gasteiger partial charge in [0.2, 0.25) is 0 Å². The largest absolute Gasteiger partial charge is 0.462 e. The number of rotatable bonds is 5. The molecular weight excluding hydrogens is 374 g/mol. The first-order chi connectivity index (χ1) is 12.6. The second-order valence-corrected chi connectivity index (χ2v) is 6.44. The molecule has 0 fully saturated rings. The third kappa shape index (κ3) is 3.89. The minimum Gasteiger partial charge on any atom is -0.462 e. The van der Waals surface area contributed by atoms with Gasteiger partial charge >= 0.3 is 5.97 Å². The van der Waals surface area contributed by atoms with E-state index in [1.54, 1.807) is 19.1 Å². The number of pyridine rings is 1. The number of nitrogens with zero attached hydrogens (tertiary/aromatic N) is 2. The van der Waals surface area contributed by atoms with Crippen molar-refractivity contribution in [1.82, 2.24) is 9.97 Å². The van der Waals surface area contributed by atoms with Crippen LogP contribution in [0.3, 0.4) is 0 Å². The Bertz CT molecular complexity index is 944. The van der Waals surface area contributed by atoms with Crippen LogP contribution in [0.15, 0.2) is 48.7 Å². The third-order valence-corrected chi connectivity index (χ3v) is 4.61. The van der Waals surface area contributed by atoms with Crippen LogP contribution in [-0.2, 0) is 4.74 Å². The molecule has 0 bridgehead atoms. The number of thiazole rings is 1. The summed E-state index contributed by atoms with van der Waals surface area (Å²) in [6.45, 7) is 1.98. The van der Waals surface area contributed by atoms with Gasteiger partial charge in [-0.3, -0.25) is 10.1 Å². The summed E-state index contributed by atoms with van der Waals surface area (Å²) in [6, 6.07) is 12.4. The Morgan fingerprint density at radius 2 is 1.96 bits per heavy atom. The Balaban J connectivity index is 1.95. The van der Waals surface area contributed by atoms with E-state index in [9.17, 15) is 9.59 Å². The van der Waals surface area contributed by atoms with Crippen LogP contribution in [0.25, 0.3) is 11.3 Å². The fourth-order valence-electron chi connectivity index (χ4n) is 2.22. The first kappa shape index (κ1) is 18.0. The van der Waals surface area contributed by atoms with Gasteiger partial charge in [-0.15, -0.1) is 0 Å². The highest BCUT2D eigenvalue weighted by atomic mass is 35.5. The molecule has 8 heteroatoms. The highest BCUT2D eigenvalue weighted by Crippen LogP contribution is 2.32. The van der Waals surface area contributed by atoms with Gasteiger partial charge in [0.15, 0.2) is 5.13 Å². The molecule has 2 aromatic heterocycles. The van der Waals surface area contributed by atoms with Gasteiger partial charge in [0.05, 0.1) is 17.9 Å². The van der Waals surface area contributed by atoms with E-state index in [0.717, 1.165) is 16.9 Å². The zero-order chi connectivity index (χ0) is 18.5. The summed E-state index contributed by atoms with van der Waals surface area (Å²) in [6.07, 6.45) is 1.49. The molecule has 132 valence electrons.